The Labute approximate surface area is 137 Å². The first-order valence-electron chi connectivity index (χ1n) is 8.96. The topological polar surface area (TPSA) is 46.0 Å². The van der Waals surface area contributed by atoms with Crippen LogP contribution < -0.4 is 5.32 Å². The summed E-state index contributed by atoms with van der Waals surface area (Å²) in [6.07, 6.45) is 9.16. The third kappa shape index (κ3) is 4.61. The van der Waals surface area contributed by atoms with Crippen molar-refractivity contribution >= 4 is 13.9 Å². The minimum absolute atomic E-state index is 0.0368. The lowest BCUT2D eigenvalue weighted by Gasteiger charge is -2.39. The van der Waals surface area contributed by atoms with Gasteiger partial charge in [-0.1, -0.05) is 41.0 Å². The zero-order valence-electron chi connectivity index (χ0n) is 14.5. The number of rotatable bonds is 6. The second-order valence-electron chi connectivity index (χ2n) is 6.41. The summed E-state index contributed by atoms with van der Waals surface area (Å²) in [5.41, 5.74) is 0. The highest BCUT2D eigenvalue weighted by molar-refractivity contribution is 7.59. The summed E-state index contributed by atoms with van der Waals surface area (Å²) < 4.78 is 5.76. The number of ether oxygens (including phenoxy) is 1. The summed E-state index contributed by atoms with van der Waals surface area (Å²) in [7, 11) is -0.0368. The first-order chi connectivity index (χ1) is 10.7. The van der Waals surface area contributed by atoms with Crippen LogP contribution in [-0.4, -0.2) is 55.5 Å². The van der Waals surface area contributed by atoms with E-state index in [-0.39, 0.29) is 25.3 Å². The number of aliphatic imine (C=N–C) groups is 2. The molecule has 2 unspecified atom stereocenters. The molecule has 2 atom stereocenters. The number of nitrogens with zero attached hydrogens (tertiary/aromatic N) is 2. The lowest BCUT2D eigenvalue weighted by atomic mass is 9.95. The smallest absolute Gasteiger partial charge is 0.0928 e. The Morgan fingerprint density at radius 2 is 2.00 bits per heavy atom. The maximum absolute atomic E-state index is 5.76. The number of hydrogen-bond donors (Lipinski definition) is 1. The van der Waals surface area contributed by atoms with E-state index in [2.05, 4.69) is 37.1 Å². The fourth-order valence-electron chi connectivity index (χ4n) is 3.62. The quantitative estimate of drug-likeness (QED) is 0.597. The highest BCUT2D eigenvalue weighted by Gasteiger charge is 2.37. The molecule has 0 aromatic heterocycles. The summed E-state index contributed by atoms with van der Waals surface area (Å²) in [4.78, 5) is 9.49. The van der Waals surface area contributed by atoms with Crippen LogP contribution in [0.15, 0.2) is 9.98 Å². The van der Waals surface area contributed by atoms with Crippen molar-refractivity contribution in [1.29, 1.82) is 0 Å². The molecule has 0 radical (unpaired) electrons. The normalized spacial score (nSPS) is 26.3. The van der Waals surface area contributed by atoms with Gasteiger partial charge in [0, 0.05) is 13.1 Å². The first kappa shape index (κ1) is 18.1. The van der Waals surface area contributed by atoms with Crippen LogP contribution >= 0.6 is 7.92 Å². The predicted molar refractivity (Wildman–Crippen MR) is 95.8 cm³/mol. The molecular formula is C17H32N3OP. The van der Waals surface area contributed by atoms with E-state index in [0.717, 1.165) is 19.7 Å². The Hall–Kier alpha value is -0.270. The highest BCUT2D eigenvalue weighted by Crippen LogP contribution is 2.57. The first-order valence-corrected chi connectivity index (χ1v) is 10.7. The van der Waals surface area contributed by atoms with Gasteiger partial charge in [0.25, 0.3) is 0 Å². The zero-order chi connectivity index (χ0) is 15.8. The van der Waals surface area contributed by atoms with Crippen LogP contribution in [-0.2, 0) is 4.74 Å². The van der Waals surface area contributed by atoms with Gasteiger partial charge < -0.3 is 10.1 Å². The molecule has 22 heavy (non-hydrogen) atoms. The van der Waals surface area contributed by atoms with Gasteiger partial charge in [0.05, 0.1) is 30.0 Å². The van der Waals surface area contributed by atoms with Crippen molar-refractivity contribution in [3.63, 3.8) is 0 Å². The molecule has 5 heteroatoms. The van der Waals surface area contributed by atoms with E-state index in [0.29, 0.717) is 0 Å². The Morgan fingerprint density at radius 1 is 1.27 bits per heavy atom. The SMILES string of the molecule is CCP(CC)C1(N=C=NC(C)C2CNCCO2)CCCCC1. The van der Waals surface area contributed by atoms with Crippen molar-refractivity contribution in [2.75, 3.05) is 32.0 Å². The molecule has 1 heterocycles. The van der Waals surface area contributed by atoms with E-state index in [1.807, 2.05) is 0 Å². The minimum Gasteiger partial charge on any atom is -0.373 e. The van der Waals surface area contributed by atoms with E-state index >= 15 is 0 Å². The van der Waals surface area contributed by atoms with Gasteiger partial charge in [0.15, 0.2) is 0 Å². The van der Waals surface area contributed by atoms with Crippen LogP contribution in [0.4, 0.5) is 0 Å². The summed E-state index contributed by atoms with van der Waals surface area (Å²) in [6.45, 7) is 9.36. The number of nitrogens with one attached hydrogen (secondary N) is 1. The van der Waals surface area contributed by atoms with Gasteiger partial charge >= 0.3 is 0 Å². The summed E-state index contributed by atoms with van der Waals surface area (Å²) >= 11 is 0. The van der Waals surface area contributed by atoms with Crippen molar-refractivity contribution in [3.8, 4) is 0 Å². The van der Waals surface area contributed by atoms with Crippen LogP contribution in [0.2, 0.25) is 0 Å². The molecule has 1 saturated heterocycles. The van der Waals surface area contributed by atoms with E-state index in [4.69, 9.17) is 9.73 Å². The zero-order valence-corrected chi connectivity index (χ0v) is 15.4. The molecule has 0 aromatic rings. The largest absolute Gasteiger partial charge is 0.373 e. The third-order valence-electron chi connectivity index (χ3n) is 5.02. The molecule has 1 aliphatic carbocycles. The molecule has 0 amide bonds. The predicted octanol–water partition coefficient (Wildman–Crippen LogP) is 3.72. The van der Waals surface area contributed by atoms with Crippen LogP contribution in [0.5, 0.6) is 0 Å². The van der Waals surface area contributed by atoms with Crippen molar-refractivity contribution in [1.82, 2.24) is 5.32 Å². The fourth-order valence-corrected chi connectivity index (χ4v) is 6.38. The highest BCUT2D eigenvalue weighted by atomic mass is 31.1. The molecule has 1 N–H and O–H groups in total. The van der Waals surface area contributed by atoms with Gasteiger partial charge in [0.2, 0.25) is 0 Å². The standard InChI is InChI=1S/C17H32N3OP/c1-4-22(5-2)17(9-7-6-8-10-17)20-14-19-15(3)16-13-18-11-12-21-16/h15-16,18H,4-13H2,1-3H3. The molecule has 0 aromatic carbocycles. The fraction of sp³-hybridized carbons (Fsp3) is 0.941. The van der Waals surface area contributed by atoms with Gasteiger partial charge in [0.1, 0.15) is 0 Å². The third-order valence-corrected chi connectivity index (χ3v) is 8.27. The molecule has 1 aliphatic heterocycles. The lowest BCUT2D eigenvalue weighted by Crippen LogP contribution is -2.43. The van der Waals surface area contributed by atoms with E-state index in [1.165, 1.54) is 44.4 Å². The minimum atomic E-state index is -0.0368. The Balaban J connectivity index is 2.06. The van der Waals surface area contributed by atoms with Gasteiger partial charge in [-0.25, -0.2) is 9.98 Å². The van der Waals surface area contributed by atoms with Gasteiger partial charge in [-0.3, -0.25) is 0 Å². The van der Waals surface area contributed by atoms with Gasteiger partial charge in [-0.05, 0) is 32.1 Å². The molecule has 0 spiro atoms. The monoisotopic (exact) mass is 325 g/mol. The van der Waals surface area contributed by atoms with Crippen molar-refractivity contribution in [2.45, 2.75) is 70.3 Å². The molecule has 4 nitrogen and oxygen atoms in total. The van der Waals surface area contributed by atoms with Crippen molar-refractivity contribution < 1.29 is 4.74 Å². The van der Waals surface area contributed by atoms with Gasteiger partial charge in [-0.15, -0.1) is 0 Å². The average molecular weight is 325 g/mol. The number of hydrogen-bond acceptors (Lipinski definition) is 4. The molecule has 1 saturated carbocycles. The summed E-state index contributed by atoms with van der Waals surface area (Å²) in [5, 5.41) is 3.52. The molecule has 2 fully saturated rings. The van der Waals surface area contributed by atoms with Crippen molar-refractivity contribution in [3.05, 3.63) is 0 Å². The maximum Gasteiger partial charge on any atom is 0.0928 e. The molecule has 126 valence electrons. The van der Waals surface area contributed by atoms with Gasteiger partial charge in [-0.2, -0.15) is 0 Å². The molecule has 0 bridgehead atoms. The van der Waals surface area contributed by atoms with E-state index in [1.54, 1.807) is 0 Å². The van der Waals surface area contributed by atoms with E-state index < -0.39 is 0 Å². The van der Waals surface area contributed by atoms with Crippen LogP contribution in [0, 0.1) is 0 Å². The van der Waals surface area contributed by atoms with Crippen LogP contribution in [0.25, 0.3) is 0 Å². The van der Waals surface area contributed by atoms with E-state index in [9.17, 15) is 0 Å². The molecular weight excluding hydrogens is 293 g/mol. The molecule has 2 aliphatic rings. The second kappa shape index (κ2) is 9.13. The average Bonchev–Trinajstić information content (AvgIpc) is 2.57. The Bertz CT molecular complexity index is 379. The lowest BCUT2D eigenvalue weighted by molar-refractivity contribution is 0.0169. The second-order valence-corrected chi connectivity index (χ2v) is 9.59. The Morgan fingerprint density at radius 3 is 2.59 bits per heavy atom. The Kier molecular flexibility index (Phi) is 7.50. The molecule has 2 rings (SSSR count). The van der Waals surface area contributed by atoms with Crippen molar-refractivity contribution in [2.24, 2.45) is 9.98 Å². The maximum atomic E-state index is 5.76. The van der Waals surface area contributed by atoms with Crippen LogP contribution in [0.1, 0.15) is 52.9 Å². The summed E-state index contributed by atoms with van der Waals surface area (Å²) in [6, 6.07) is 3.23. The summed E-state index contributed by atoms with van der Waals surface area (Å²) in [5.74, 6) is 0. The van der Waals surface area contributed by atoms with Crippen LogP contribution in [0.3, 0.4) is 0 Å². The number of morpholine rings is 1.